The Morgan fingerprint density at radius 3 is 2.55 bits per heavy atom. The van der Waals surface area contributed by atoms with Crippen LogP contribution in [0.15, 0.2) is 47.3 Å². The quantitative estimate of drug-likeness (QED) is 0.683. The highest BCUT2D eigenvalue weighted by molar-refractivity contribution is 6.32. The second-order valence-corrected chi connectivity index (χ2v) is 5.13. The lowest BCUT2D eigenvalue weighted by Gasteiger charge is -2.14. The zero-order valence-corrected chi connectivity index (χ0v) is 12.0. The third-order valence-corrected chi connectivity index (χ3v) is 3.66. The largest absolute Gasteiger partial charge is 0.268 e. The Morgan fingerprint density at radius 1 is 1.05 bits per heavy atom. The molecule has 20 heavy (non-hydrogen) atoms. The number of nitrogens with zero attached hydrogens (tertiary/aromatic N) is 2. The summed E-state index contributed by atoms with van der Waals surface area (Å²) in [6.45, 7) is 3.75. The van der Waals surface area contributed by atoms with E-state index in [9.17, 15) is 4.79 Å². The van der Waals surface area contributed by atoms with Gasteiger partial charge >= 0.3 is 0 Å². The Balaban J connectivity index is 2.46. The number of halogens is 1. The van der Waals surface area contributed by atoms with E-state index in [4.69, 9.17) is 11.6 Å². The number of rotatable bonds is 1. The second-order valence-electron chi connectivity index (χ2n) is 4.72. The molecule has 0 aliphatic carbocycles. The molecule has 1 aromatic heterocycles. The number of benzene rings is 2. The summed E-state index contributed by atoms with van der Waals surface area (Å²) in [5.74, 6) is 0.630. The fourth-order valence-corrected chi connectivity index (χ4v) is 2.72. The maximum absolute atomic E-state index is 12.7. The summed E-state index contributed by atoms with van der Waals surface area (Å²) >= 11 is 6.27. The maximum atomic E-state index is 12.7. The van der Waals surface area contributed by atoms with Gasteiger partial charge in [0.15, 0.2) is 0 Å². The van der Waals surface area contributed by atoms with Crippen molar-refractivity contribution in [3.05, 3.63) is 69.2 Å². The van der Waals surface area contributed by atoms with Crippen molar-refractivity contribution in [2.75, 3.05) is 0 Å². The summed E-state index contributed by atoms with van der Waals surface area (Å²) < 4.78 is 1.58. The smallest absolute Gasteiger partial charge is 0.266 e. The summed E-state index contributed by atoms with van der Waals surface area (Å²) in [6.07, 6.45) is 0. The number of para-hydroxylation sites is 2. The molecule has 0 unspecified atom stereocenters. The number of aryl methyl sites for hydroxylation is 2. The van der Waals surface area contributed by atoms with Gasteiger partial charge in [-0.1, -0.05) is 35.9 Å². The molecule has 0 saturated carbocycles. The first-order valence-electron chi connectivity index (χ1n) is 6.33. The van der Waals surface area contributed by atoms with Crippen LogP contribution in [-0.4, -0.2) is 9.55 Å². The topological polar surface area (TPSA) is 34.9 Å². The molecule has 100 valence electrons. The zero-order valence-electron chi connectivity index (χ0n) is 11.2. The van der Waals surface area contributed by atoms with Gasteiger partial charge in [0.1, 0.15) is 5.82 Å². The third-order valence-electron chi connectivity index (χ3n) is 3.36. The zero-order chi connectivity index (χ0) is 14.3. The number of hydrogen-bond acceptors (Lipinski definition) is 2. The van der Waals surface area contributed by atoms with Crippen molar-refractivity contribution in [3.8, 4) is 5.69 Å². The first kappa shape index (κ1) is 12.9. The van der Waals surface area contributed by atoms with Gasteiger partial charge in [-0.2, -0.15) is 0 Å². The fourth-order valence-electron chi connectivity index (χ4n) is 2.41. The van der Waals surface area contributed by atoms with E-state index in [-0.39, 0.29) is 5.56 Å². The predicted molar refractivity (Wildman–Crippen MR) is 81.8 cm³/mol. The van der Waals surface area contributed by atoms with E-state index < -0.39 is 0 Å². The molecule has 0 aliphatic heterocycles. The van der Waals surface area contributed by atoms with E-state index in [0.29, 0.717) is 27.4 Å². The van der Waals surface area contributed by atoms with Crippen molar-refractivity contribution >= 4 is 22.5 Å². The Kier molecular flexibility index (Phi) is 3.07. The second kappa shape index (κ2) is 4.76. The highest BCUT2D eigenvalue weighted by Gasteiger charge is 2.13. The van der Waals surface area contributed by atoms with E-state index in [2.05, 4.69) is 4.98 Å². The monoisotopic (exact) mass is 284 g/mol. The lowest BCUT2D eigenvalue weighted by Crippen LogP contribution is -2.23. The van der Waals surface area contributed by atoms with Crippen LogP contribution in [0.3, 0.4) is 0 Å². The summed E-state index contributed by atoms with van der Waals surface area (Å²) in [4.78, 5) is 17.2. The normalized spacial score (nSPS) is 10.9. The van der Waals surface area contributed by atoms with Crippen molar-refractivity contribution in [3.63, 3.8) is 0 Å². The standard InChI is InChI=1S/C16H13ClN2O/c1-10-6-5-8-13(17)15(10)19-11(2)18-14-9-4-3-7-12(14)16(19)20/h3-9H,1-2H3. The molecule has 0 atom stereocenters. The van der Waals surface area contributed by atoms with E-state index in [1.165, 1.54) is 0 Å². The van der Waals surface area contributed by atoms with Crippen LogP contribution in [-0.2, 0) is 0 Å². The van der Waals surface area contributed by atoms with E-state index in [1.807, 2.05) is 44.2 Å². The van der Waals surface area contributed by atoms with Crippen LogP contribution < -0.4 is 5.56 Å². The van der Waals surface area contributed by atoms with Crippen molar-refractivity contribution in [1.29, 1.82) is 0 Å². The van der Waals surface area contributed by atoms with Crippen LogP contribution in [0.4, 0.5) is 0 Å². The average molecular weight is 285 g/mol. The van der Waals surface area contributed by atoms with E-state index in [0.717, 1.165) is 5.56 Å². The first-order valence-corrected chi connectivity index (χ1v) is 6.71. The van der Waals surface area contributed by atoms with Gasteiger partial charge in [0.05, 0.1) is 21.6 Å². The number of hydrogen-bond donors (Lipinski definition) is 0. The molecule has 4 heteroatoms. The Labute approximate surface area is 121 Å². The molecule has 0 aliphatic rings. The van der Waals surface area contributed by atoms with Crippen LogP contribution in [0.2, 0.25) is 5.02 Å². The number of aromatic nitrogens is 2. The summed E-state index contributed by atoms with van der Waals surface area (Å²) in [7, 11) is 0. The molecule has 0 fully saturated rings. The summed E-state index contributed by atoms with van der Waals surface area (Å²) in [6, 6.07) is 12.9. The molecule has 3 aromatic rings. The van der Waals surface area contributed by atoms with Crippen molar-refractivity contribution in [1.82, 2.24) is 9.55 Å². The molecule has 0 amide bonds. The van der Waals surface area contributed by atoms with Crippen molar-refractivity contribution in [2.24, 2.45) is 0 Å². The lowest BCUT2D eigenvalue weighted by molar-refractivity contribution is 0.888. The van der Waals surface area contributed by atoms with Gasteiger partial charge in [-0.05, 0) is 37.6 Å². The van der Waals surface area contributed by atoms with Gasteiger partial charge in [0, 0.05) is 0 Å². The van der Waals surface area contributed by atoms with Crippen LogP contribution in [0.25, 0.3) is 16.6 Å². The van der Waals surface area contributed by atoms with Gasteiger partial charge in [-0.25, -0.2) is 4.98 Å². The minimum absolute atomic E-state index is 0.0932. The average Bonchev–Trinajstić information content (AvgIpc) is 2.42. The molecule has 1 heterocycles. The first-order chi connectivity index (χ1) is 9.59. The number of fused-ring (bicyclic) bond motifs is 1. The molecular weight excluding hydrogens is 272 g/mol. The fraction of sp³-hybridized carbons (Fsp3) is 0.125. The Bertz CT molecular complexity index is 848. The predicted octanol–water partition coefficient (Wildman–Crippen LogP) is 3.66. The lowest BCUT2D eigenvalue weighted by atomic mass is 10.2. The molecule has 0 spiro atoms. The SMILES string of the molecule is Cc1cccc(Cl)c1-n1c(C)nc2ccccc2c1=O. The van der Waals surface area contributed by atoms with Crippen LogP contribution in [0.5, 0.6) is 0 Å². The van der Waals surface area contributed by atoms with E-state index >= 15 is 0 Å². The maximum Gasteiger partial charge on any atom is 0.266 e. The molecular formula is C16H13ClN2O. The van der Waals surface area contributed by atoms with Gasteiger partial charge < -0.3 is 0 Å². The minimum Gasteiger partial charge on any atom is -0.268 e. The van der Waals surface area contributed by atoms with Gasteiger partial charge in [-0.15, -0.1) is 0 Å². The van der Waals surface area contributed by atoms with Gasteiger partial charge in [0.2, 0.25) is 0 Å². The molecule has 0 N–H and O–H groups in total. The minimum atomic E-state index is -0.0932. The van der Waals surface area contributed by atoms with Crippen LogP contribution >= 0.6 is 11.6 Å². The van der Waals surface area contributed by atoms with Crippen molar-refractivity contribution in [2.45, 2.75) is 13.8 Å². The molecule has 0 bridgehead atoms. The van der Waals surface area contributed by atoms with Crippen LogP contribution in [0.1, 0.15) is 11.4 Å². The molecule has 0 saturated heterocycles. The van der Waals surface area contributed by atoms with Crippen LogP contribution in [0, 0.1) is 13.8 Å². The molecule has 3 rings (SSSR count). The van der Waals surface area contributed by atoms with Gasteiger partial charge in [-0.3, -0.25) is 9.36 Å². The van der Waals surface area contributed by atoms with Gasteiger partial charge in [0.25, 0.3) is 5.56 Å². The molecule has 2 aromatic carbocycles. The molecule has 3 nitrogen and oxygen atoms in total. The third kappa shape index (κ3) is 1.91. The summed E-state index contributed by atoms with van der Waals surface area (Å²) in [5.41, 5.74) is 2.26. The summed E-state index contributed by atoms with van der Waals surface area (Å²) in [5, 5.41) is 1.14. The highest BCUT2D eigenvalue weighted by atomic mass is 35.5. The Morgan fingerprint density at radius 2 is 1.80 bits per heavy atom. The molecule has 0 radical (unpaired) electrons. The van der Waals surface area contributed by atoms with Crippen molar-refractivity contribution < 1.29 is 0 Å². The Hall–Kier alpha value is -2.13. The highest BCUT2D eigenvalue weighted by Crippen LogP contribution is 2.24. The van der Waals surface area contributed by atoms with E-state index in [1.54, 1.807) is 16.7 Å².